The van der Waals surface area contributed by atoms with Crippen LogP contribution in [0.4, 0.5) is 4.79 Å². The van der Waals surface area contributed by atoms with Gasteiger partial charge in [0.25, 0.3) is 0 Å². The van der Waals surface area contributed by atoms with Crippen LogP contribution < -0.4 is 10.6 Å². The van der Waals surface area contributed by atoms with Gasteiger partial charge in [-0.3, -0.25) is 0 Å². The zero-order valence-electron chi connectivity index (χ0n) is 11.1. The monoisotopic (exact) mass is 364 g/mol. The van der Waals surface area contributed by atoms with E-state index in [-0.39, 0.29) is 6.03 Å². The first kappa shape index (κ1) is 15.6. The van der Waals surface area contributed by atoms with E-state index < -0.39 is 0 Å². The van der Waals surface area contributed by atoms with E-state index >= 15 is 0 Å². The second-order valence-electron chi connectivity index (χ2n) is 4.34. The zero-order chi connectivity index (χ0) is 15.1. The summed E-state index contributed by atoms with van der Waals surface area (Å²) in [6, 6.07) is 14.9. The first-order valence-corrected chi connectivity index (χ1v) is 7.51. The lowest BCUT2D eigenvalue weighted by molar-refractivity contribution is 0.244. The van der Waals surface area contributed by atoms with Crippen molar-refractivity contribution in [2.24, 2.45) is 0 Å². The number of nitrogens with one attached hydrogen (secondary N) is 2. The summed E-state index contributed by atoms with van der Waals surface area (Å²) < 4.78 is 1.02. The van der Waals surface area contributed by atoms with Gasteiger partial charge >= 0.3 is 6.03 Å². The van der Waals surface area contributed by atoms with Crippen LogP contribution in [0.2, 0.25) is 5.02 Å². The van der Waals surface area contributed by atoms with E-state index in [0.717, 1.165) is 15.6 Å². The highest BCUT2D eigenvalue weighted by atomic mass is 79.9. The molecule has 0 aromatic heterocycles. The molecule has 0 atom stereocenters. The highest BCUT2D eigenvalue weighted by molar-refractivity contribution is 9.10. The molecule has 3 nitrogen and oxygen atoms in total. The predicted octanol–water partition coefficient (Wildman–Crippen LogP) is 4.57. The number of hydrogen-bond donors (Lipinski definition) is 2. The van der Waals surface area contributed by atoms with Crippen molar-refractivity contribution in [3.63, 3.8) is 0 Å². The van der Waals surface area contributed by atoms with Gasteiger partial charge in [0.2, 0.25) is 0 Å². The second-order valence-corrected chi connectivity index (χ2v) is 5.69. The molecule has 108 valence electrons. The Labute approximate surface area is 137 Å². The van der Waals surface area contributed by atoms with Crippen LogP contribution in [0.1, 0.15) is 11.1 Å². The number of hydrogen-bond acceptors (Lipinski definition) is 1. The van der Waals surface area contributed by atoms with E-state index in [4.69, 9.17) is 11.6 Å². The predicted molar refractivity (Wildman–Crippen MR) is 90.0 cm³/mol. The summed E-state index contributed by atoms with van der Waals surface area (Å²) in [5.41, 5.74) is 1.96. The molecule has 2 N–H and O–H groups in total. The minimum atomic E-state index is -0.261. The van der Waals surface area contributed by atoms with Crippen molar-refractivity contribution >= 4 is 39.6 Å². The Morgan fingerprint density at radius 2 is 1.95 bits per heavy atom. The third kappa shape index (κ3) is 5.61. The molecule has 0 aliphatic heterocycles. The van der Waals surface area contributed by atoms with Crippen LogP contribution in [-0.4, -0.2) is 6.03 Å². The van der Waals surface area contributed by atoms with Gasteiger partial charge in [-0.05, 0) is 41.5 Å². The fourth-order valence-corrected chi connectivity index (χ4v) is 2.14. The number of halogens is 2. The van der Waals surface area contributed by atoms with Gasteiger partial charge in [-0.1, -0.05) is 51.8 Å². The lowest BCUT2D eigenvalue weighted by Gasteiger charge is -2.05. The number of rotatable bonds is 4. The van der Waals surface area contributed by atoms with Gasteiger partial charge in [0.1, 0.15) is 0 Å². The van der Waals surface area contributed by atoms with Crippen LogP contribution in [0, 0.1) is 0 Å². The molecule has 0 saturated carbocycles. The SMILES string of the molecule is O=C(N/C=C/c1ccc(Br)cc1)NCc1cccc(Cl)c1. The van der Waals surface area contributed by atoms with Gasteiger partial charge in [-0.15, -0.1) is 0 Å². The molecule has 0 bridgehead atoms. The molecule has 0 spiro atoms. The topological polar surface area (TPSA) is 41.1 Å². The third-order valence-electron chi connectivity index (χ3n) is 2.70. The summed E-state index contributed by atoms with van der Waals surface area (Å²) in [6.07, 6.45) is 3.43. The number of carbonyl (C=O) groups excluding carboxylic acids is 1. The summed E-state index contributed by atoms with van der Waals surface area (Å²) in [5.74, 6) is 0. The lowest BCUT2D eigenvalue weighted by atomic mass is 10.2. The molecule has 0 radical (unpaired) electrons. The second kappa shape index (κ2) is 7.86. The van der Waals surface area contributed by atoms with Gasteiger partial charge in [-0.25, -0.2) is 4.79 Å². The minimum absolute atomic E-state index is 0.261. The van der Waals surface area contributed by atoms with Crippen LogP contribution in [-0.2, 0) is 6.54 Å². The van der Waals surface area contributed by atoms with Crippen LogP contribution in [0.15, 0.2) is 59.2 Å². The summed E-state index contributed by atoms with van der Waals surface area (Å²) >= 11 is 9.25. The molecule has 2 aromatic rings. The van der Waals surface area contributed by atoms with Crippen molar-refractivity contribution in [3.05, 3.63) is 75.4 Å². The quantitative estimate of drug-likeness (QED) is 0.818. The highest BCUT2D eigenvalue weighted by Crippen LogP contribution is 2.11. The summed E-state index contributed by atoms with van der Waals surface area (Å²) in [7, 11) is 0. The smallest absolute Gasteiger partial charge is 0.319 e. The van der Waals surface area contributed by atoms with E-state index in [2.05, 4.69) is 26.6 Å². The fourth-order valence-electron chi connectivity index (χ4n) is 1.67. The van der Waals surface area contributed by atoms with Crippen LogP contribution in [0.5, 0.6) is 0 Å². The summed E-state index contributed by atoms with van der Waals surface area (Å²) in [6.45, 7) is 0.429. The molecule has 0 heterocycles. The Hall–Kier alpha value is -1.78. The van der Waals surface area contributed by atoms with Crippen LogP contribution in [0.3, 0.4) is 0 Å². The molecular formula is C16H14BrClN2O. The highest BCUT2D eigenvalue weighted by Gasteiger charge is 1.98. The third-order valence-corrected chi connectivity index (χ3v) is 3.47. The Balaban J connectivity index is 1.78. The van der Waals surface area contributed by atoms with Crippen LogP contribution >= 0.6 is 27.5 Å². The van der Waals surface area contributed by atoms with E-state index in [0.29, 0.717) is 11.6 Å². The first-order chi connectivity index (χ1) is 10.1. The lowest BCUT2D eigenvalue weighted by Crippen LogP contribution is -2.31. The molecule has 0 saturated heterocycles. The Morgan fingerprint density at radius 1 is 1.19 bits per heavy atom. The average Bonchev–Trinajstić information content (AvgIpc) is 2.47. The molecule has 0 fully saturated rings. The molecule has 5 heteroatoms. The zero-order valence-corrected chi connectivity index (χ0v) is 13.5. The van der Waals surface area contributed by atoms with Crippen molar-refractivity contribution in [1.82, 2.24) is 10.6 Å². The summed E-state index contributed by atoms with van der Waals surface area (Å²) in [4.78, 5) is 11.6. The molecule has 0 unspecified atom stereocenters. The van der Waals surface area contributed by atoms with E-state index in [9.17, 15) is 4.79 Å². The van der Waals surface area contributed by atoms with E-state index in [1.165, 1.54) is 0 Å². The van der Waals surface area contributed by atoms with Crippen molar-refractivity contribution in [2.75, 3.05) is 0 Å². The molecular weight excluding hydrogens is 352 g/mol. The Kier molecular flexibility index (Phi) is 5.84. The maximum absolute atomic E-state index is 11.6. The van der Waals surface area contributed by atoms with Gasteiger partial charge in [-0.2, -0.15) is 0 Å². The molecule has 2 rings (SSSR count). The maximum atomic E-state index is 11.6. The van der Waals surface area contributed by atoms with Crippen LogP contribution in [0.25, 0.3) is 6.08 Å². The molecule has 21 heavy (non-hydrogen) atoms. The molecule has 2 amide bonds. The van der Waals surface area contributed by atoms with E-state index in [1.807, 2.05) is 48.5 Å². The minimum Gasteiger partial charge on any atom is -0.334 e. The van der Waals surface area contributed by atoms with Gasteiger partial charge < -0.3 is 10.6 Å². The summed E-state index contributed by atoms with van der Waals surface area (Å²) in [5, 5.41) is 6.07. The molecule has 0 aliphatic rings. The Bertz CT molecular complexity index is 641. The first-order valence-electron chi connectivity index (χ1n) is 6.34. The number of benzene rings is 2. The number of urea groups is 1. The number of carbonyl (C=O) groups is 1. The maximum Gasteiger partial charge on any atom is 0.319 e. The van der Waals surface area contributed by atoms with Gasteiger partial charge in [0, 0.05) is 22.2 Å². The normalized spacial score (nSPS) is 10.6. The van der Waals surface area contributed by atoms with Gasteiger partial charge in [0.05, 0.1) is 0 Å². The van der Waals surface area contributed by atoms with E-state index in [1.54, 1.807) is 12.3 Å². The van der Waals surface area contributed by atoms with Crippen molar-refractivity contribution in [3.8, 4) is 0 Å². The molecule has 0 aliphatic carbocycles. The van der Waals surface area contributed by atoms with Gasteiger partial charge in [0.15, 0.2) is 0 Å². The number of amides is 2. The molecule has 2 aromatic carbocycles. The standard InChI is InChI=1S/C16H14BrClN2O/c17-14-6-4-12(5-7-14)8-9-19-16(21)20-11-13-2-1-3-15(18)10-13/h1-10H,11H2,(H2,19,20,21)/b9-8+. The largest absolute Gasteiger partial charge is 0.334 e. The fraction of sp³-hybridized carbons (Fsp3) is 0.0625. The van der Waals surface area contributed by atoms with Crippen molar-refractivity contribution in [1.29, 1.82) is 0 Å². The Morgan fingerprint density at radius 3 is 2.67 bits per heavy atom. The van der Waals surface area contributed by atoms with Crippen molar-refractivity contribution in [2.45, 2.75) is 6.54 Å². The van der Waals surface area contributed by atoms with Crippen molar-refractivity contribution < 1.29 is 4.79 Å². The average molecular weight is 366 g/mol.